The van der Waals surface area contributed by atoms with Crippen LogP contribution in [0.4, 0.5) is 5.82 Å². The number of rotatable bonds is 6. The van der Waals surface area contributed by atoms with E-state index in [1.165, 1.54) is 6.33 Å². The van der Waals surface area contributed by atoms with Crippen LogP contribution < -0.4 is 11.5 Å². The normalized spacial score (nSPS) is 29.3. The van der Waals surface area contributed by atoms with Crippen molar-refractivity contribution in [2.75, 3.05) is 32.4 Å². The van der Waals surface area contributed by atoms with E-state index in [0.29, 0.717) is 30.1 Å². The van der Waals surface area contributed by atoms with Crippen LogP contribution in [-0.4, -0.2) is 75.2 Å². The summed E-state index contributed by atoms with van der Waals surface area (Å²) in [5.74, 6) is -0.344. The number of aromatic nitrogens is 4. The van der Waals surface area contributed by atoms with E-state index in [1.807, 2.05) is 37.6 Å². The second kappa shape index (κ2) is 7.37. The van der Waals surface area contributed by atoms with Crippen molar-refractivity contribution in [3.8, 4) is 0 Å². The molecule has 10 nitrogen and oxygen atoms in total. The standard InChI is InChI=1S/C18H27N7O3/c1-18(2)27-13-11(8-24(3)7-5-4-6-19)26-17(14(13)28-18)25-10-23-12-15(20)21-9-22-16(12)25/h4-5,9-11,13-14,17H,6-8,19H2,1-3H3,(H2,20,21,22)/b5-4-/t11-,13-,14-,17-/m1/s1. The zero-order valence-electron chi connectivity index (χ0n) is 16.4. The van der Waals surface area contributed by atoms with Gasteiger partial charge in [-0.05, 0) is 20.9 Å². The molecule has 2 aliphatic rings. The topological polar surface area (TPSA) is 127 Å². The number of fused-ring (bicyclic) bond motifs is 2. The number of likely N-dealkylation sites (N-methyl/N-ethyl adjacent to an activating group) is 1. The molecule has 2 aromatic rings. The Morgan fingerprint density at radius 2 is 2.00 bits per heavy atom. The van der Waals surface area contributed by atoms with E-state index in [9.17, 15) is 0 Å². The number of ether oxygens (including phenoxy) is 3. The first-order valence-electron chi connectivity index (χ1n) is 9.37. The van der Waals surface area contributed by atoms with Gasteiger partial charge in [0, 0.05) is 19.6 Å². The van der Waals surface area contributed by atoms with Crippen molar-refractivity contribution in [3.63, 3.8) is 0 Å². The summed E-state index contributed by atoms with van der Waals surface area (Å²) in [4.78, 5) is 14.9. The molecule has 28 heavy (non-hydrogen) atoms. The minimum absolute atomic E-state index is 0.162. The van der Waals surface area contributed by atoms with Crippen LogP contribution in [0.2, 0.25) is 0 Å². The number of hydrogen-bond donors (Lipinski definition) is 2. The molecule has 0 aromatic carbocycles. The van der Waals surface area contributed by atoms with Gasteiger partial charge in [0.25, 0.3) is 0 Å². The molecule has 4 rings (SSSR count). The molecule has 2 fully saturated rings. The minimum Gasteiger partial charge on any atom is -0.382 e. The fraction of sp³-hybridized carbons (Fsp3) is 0.611. The maximum Gasteiger partial charge on any atom is 0.167 e. The minimum atomic E-state index is -0.683. The van der Waals surface area contributed by atoms with Gasteiger partial charge in [0.05, 0.1) is 6.33 Å². The summed E-state index contributed by atoms with van der Waals surface area (Å²) in [5, 5.41) is 0. The van der Waals surface area contributed by atoms with E-state index >= 15 is 0 Å². The quantitative estimate of drug-likeness (QED) is 0.669. The monoisotopic (exact) mass is 389 g/mol. The van der Waals surface area contributed by atoms with E-state index < -0.39 is 12.0 Å². The van der Waals surface area contributed by atoms with Gasteiger partial charge in [0.1, 0.15) is 30.2 Å². The lowest BCUT2D eigenvalue weighted by Gasteiger charge is -2.26. The zero-order chi connectivity index (χ0) is 19.9. The van der Waals surface area contributed by atoms with Crippen LogP contribution in [0.3, 0.4) is 0 Å². The summed E-state index contributed by atoms with van der Waals surface area (Å²) in [7, 11) is 2.04. The van der Waals surface area contributed by atoms with Crippen LogP contribution >= 0.6 is 0 Å². The van der Waals surface area contributed by atoms with Crippen molar-refractivity contribution >= 4 is 17.0 Å². The molecule has 2 aliphatic heterocycles. The smallest absolute Gasteiger partial charge is 0.167 e. The Morgan fingerprint density at radius 1 is 1.21 bits per heavy atom. The molecular weight excluding hydrogens is 362 g/mol. The van der Waals surface area contributed by atoms with Gasteiger partial charge in [-0.25, -0.2) is 15.0 Å². The Balaban J connectivity index is 1.59. The first kappa shape index (κ1) is 19.2. The Hall–Kier alpha value is -2.11. The lowest BCUT2D eigenvalue weighted by Crippen LogP contribution is -2.38. The van der Waals surface area contributed by atoms with Gasteiger partial charge in [0.15, 0.2) is 23.5 Å². The first-order valence-corrected chi connectivity index (χ1v) is 9.37. The SMILES string of the molecule is CN(C/C=C\CN)C[C@H]1O[C@@H](n2cnc3c(N)ncnc32)[C@@H]2OC(C)(C)O[C@@H]21. The Bertz CT molecular complexity index is 868. The molecule has 2 saturated heterocycles. The van der Waals surface area contributed by atoms with E-state index in [0.717, 1.165) is 6.54 Å². The molecule has 0 bridgehead atoms. The summed E-state index contributed by atoms with van der Waals surface area (Å²) in [6, 6.07) is 0. The molecule has 0 spiro atoms. The second-order valence-corrected chi connectivity index (χ2v) is 7.64. The molecule has 2 aromatic heterocycles. The van der Waals surface area contributed by atoms with Crippen molar-refractivity contribution in [1.82, 2.24) is 24.4 Å². The highest BCUT2D eigenvalue weighted by Crippen LogP contribution is 2.43. The number of hydrogen-bond acceptors (Lipinski definition) is 9. The van der Waals surface area contributed by atoms with Crippen molar-refractivity contribution in [2.24, 2.45) is 5.73 Å². The fourth-order valence-electron chi connectivity index (χ4n) is 3.82. The maximum atomic E-state index is 6.37. The van der Waals surface area contributed by atoms with Gasteiger partial charge >= 0.3 is 0 Å². The van der Waals surface area contributed by atoms with E-state index in [1.54, 1.807) is 6.33 Å². The van der Waals surface area contributed by atoms with Crippen LogP contribution in [-0.2, 0) is 14.2 Å². The number of nitrogens with two attached hydrogens (primary N) is 2. The molecule has 0 amide bonds. The molecule has 4 N–H and O–H groups in total. The predicted molar refractivity (Wildman–Crippen MR) is 103 cm³/mol. The average Bonchev–Trinajstić information content (AvgIpc) is 3.28. The molecule has 10 heteroatoms. The Kier molecular flexibility index (Phi) is 5.06. The molecule has 4 heterocycles. The number of imidazole rings is 1. The third-order valence-electron chi connectivity index (χ3n) is 5.00. The average molecular weight is 389 g/mol. The number of anilines is 1. The summed E-state index contributed by atoms with van der Waals surface area (Å²) in [5.41, 5.74) is 12.6. The third kappa shape index (κ3) is 3.49. The molecule has 4 atom stereocenters. The highest BCUT2D eigenvalue weighted by atomic mass is 16.8. The first-order chi connectivity index (χ1) is 13.4. The van der Waals surface area contributed by atoms with Crippen molar-refractivity contribution in [3.05, 3.63) is 24.8 Å². The highest BCUT2D eigenvalue weighted by molar-refractivity contribution is 5.81. The lowest BCUT2D eigenvalue weighted by atomic mass is 10.1. The second-order valence-electron chi connectivity index (χ2n) is 7.64. The number of nitrogens with zero attached hydrogens (tertiary/aromatic N) is 5. The zero-order valence-corrected chi connectivity index (χ0v) is 16.4. The van der Waals surface area contributed by atoms with Crippen LogP contribution in [0.5, 0.6) is 0 Å². The van der Waals surface area contributed by atoms with E-state index in [-0.39, 0.29) is 18.3 Å². The largest absolute Gasteiger partial charge is 0.382 e. The summed E-state index contributed by atoms with van der Waals surface area (Å²) >= 11 is 0. The van der Waals surface area contributed by atoms with Crippen LogP contribution in [0.1, 0.15) is 20.1 Å². The van der Waals surface area contributed by atoms with Gasteiger partial charge in [-0.1, -0.05) is 12.2 Å². The van der Waals surface area contributed by atoms with Crippen LogP contribution in [0, 0.1) is 0 Å². The van der Waals surface area contributed by atoms with Crippen molar-refractivity contribution < 1.29 is 14.2 Å². The van der Waals surface area contributed by atoms with Gasteiger partial charge < -0.3 is 30.6 Å². The van der Waals surface area contributed by atoms with Crippen molar-refractivity contribution in [2.45, 2.75) is 44.2 Å². The third-order valence-corrected chi connectivity index (χ3v) is 5.00. The van der Waals surface area contributed by atoms with E-state index in [2.05, 4.69) is 19.9 Å². The Labute approximate surface area is 163 Å². The number of nitrogen functional groups attached to an aromatic ring is 1. The lowest BCUT2D eigenvalue weighted by molar-refractivity contribution is -0.197. The van der Waals surface area contributed by atoms with Gasteiger partial charge in [-0.3, -0.25) is 4.57 Å². The van der Waals surface area contributed by atoms with Gasteiger partial charge in [-0.15, -0.1) is 0 Å². The van der Waals surface area contributed by atoms with Gasteiger partial charge in [0.2, 0.25) is 0 Å². The molecule has 0 unspecified atom stereocenters. The predicted octanol–water partition coefficient (Wildman–Crippen LogP) is 0.273. The highest BCUT2D eigenvalue weighted by Gasteiger charge is 2.56. The van der Waals surface area contributed by atoms with Crippen LogP contribution in [0.15, 0.2) is 24.8 Å². The van der Waals surface area contributed by atoms with Crippen LogP contribution in [0.25, 0.3) is 11.2 Å². The molecule has 152 valence electrons. The molecule has 0 aliphatic carbocycles. The van der Waals surface area contributed by atoms with E-state index in [4.69, 9.17) is 25.7 Å². The Morgan fingerprint density at radius 3 is 2.79 bits per heavy atom. The summed E-state index contributed by atoms with van der Waals surface area (Å²) in [6.45, 7) is 5.83. The molecule has 0 saturated carbocycles. The summed E-state index contributed by atoms with van der Waals surface area (Å²) in [6.07, 6.45) is 6.03. The van der Waals surface area contributed by atoms with Gasteiger partial charge in [-0.2, -0.15) is 0 Å². The molecule has 0 radical (unpaired) electrons. The summed E-state index contributed by atoms with van der Waals surface area (Å²) < 4.78 is 20.6. The molecular formula is C18H27N7O3. The maximum absolute atomic E-state index is 6.37. The van der Waals surface area contributed by atoms with Crippen molar-refractivity contribution in [1.29, 1.82) is 0 Å². The fourth-order valence-corrected chi connectivity index (χ4v) is 3.82.